The molecule has 0 heterocycles. The lowest BCUT2D eigenvalue weighted by Crippen LogP contribution is -2.37. The molecule has 5 heteroatoms. The number of halogens is 1. The monoisotopic (exact) mass is 312 g/mol. The van der Waals surface area contributed by atoms with Gasteiger partial charge in [0.15, 0.2) is 0 Å². The van der Waals surface area contributed by atoms with Crippen LogP contribution in [0.5, 0.6) is 0 Å². The van der Waals surface area contributed by atoms with Gasteiger partial charge < -0.3 is 10.6 Å². The molecule has 118 valence electrons. The highest BCUT2D eigenvalue weighted by molar-refractivity contribution is 6.39. The summed E-state index contributed by atoms with van der Waals surface area (Å²) in [6.45, 7) is 1.78. The molecule has 2 aromatic carbocycles. The molecule has 0 aromatic heterocycles. The van der Waals surface area contributed by atoms with Gasteiger partial charge in [-0.1, -0.05) is 30.3 Å². The first kappa shape index (κ1) is 15.2. The van der Waals surface area contributed by atoms with Gasteiger partial charge in [0.25, 0.3) is 0 Å². The molecule has 4 nitrogen and oxygen atoms in total. The molecule has 0 spiro atoms. The molecule has 0 saturated heterocycles. The summed E-state index contributed by atoms with van der Waals surface area (Å²) in [6.07, 6.45) is 1.63. The molecule has 3 rings (SSSR count). The highest BCUT2D eigenvalue weighted by Crippen LogP contribution is 2.30. The van der Waals surface area contributed by atoms with Gasteiger partial charge >= 0.3 is 11.8 Å². The quantitative estimate of drug-likeness (QED) is 0.838. The van der Waals surface area contributed by atoms with Gasteiger partial charge in [-0.3, -0.25) is 9.59 Å². The molecule has 1 aliphatic carbocycles. The van der Waals surface area contributed by atoms with Crippen LogP contribution in [0.4, 0.5) is 10.1 Å². The van der Waals surface area contributed by atoms with Crippen LogP contribution in [0, 0.1) is 12.7 Å². The zero-order valence-electron chi connectivity index (χ0n) is 12.7. The first-order valence-electron chi connectivity index (χ1n) is 7.50. The van der Waals surface area contributed by atoms with Crippen molar-refractivity contribution in [2.45, 2.75) is 25.8 Å². The Kier molecular flexibility index (Phi) is 4.10. The molecular formula is C18H17FN2O2. The summed E-state index contributed by atoms with van der Waals surface area (Å²) in [5, 5.41) is 5.04. The number of hydrogen-bond donors (Lipinski definition) is 2. The third kappa shape index (κ3) is 3.23. The topological polar surface area (TPSA) is 58.2 Å². The Morgan fingerprint density at radius 3 is 2.74 bits per heavy atom. The largest absolute Gasteiger partial charge is 0.341 e. The Labute approximate surface area is 133 Å². The van der Waals surface area contributed by atoms with E-state index in [1.807, 2.05) is 24.3 Å². The fraction of sp³-hybridized carbons (Fsp3) is 0.222. The van der Waals surface area contributed by atoms with Gasteiger partial charge in [0.2, 0.25) is 0 Å². The minimum atomic E-state index is -0.862. The fourth-order valence-corrected chi connectivity index (χ4v) is 2.84. The maximum Gasteiger partial charge on any atom is 0.313 e. The lowest BCUT2D eigenvalue weighted by atomic mass is 10.1. The average molecular weight is 312 g/mol. The van der Waals surface area contributed by atoms with E-state index in [1.165, 1.54) is 17.7 Å². The van der Waals surface area contributed by atoms with Crippen LogP contribution in [-0.4, -0.2) is 11.8 Å². The molecule has 0 aliphatic heterocycles. The number of carbonyl (C=O) groups is 2. The first-order valence-corrected chi connectivity index (χ1v) is 7.50. The predicted molar refractivity (Wildman–Crippen MR) is 85.4 cm³/mol. The third-order valence-electron chi connectivity index (χ3n) is 4.01. The Morgan fingerprint density at radius 1 is 1.13 bits per heavy atom. The molecule has 0 fully saturated rings. The molecule has 2 N–H and O–H groups in total. The number of aryl methyl sites for hydroxylation is 2. The summed E-state index contributed by atoms with van der Waals surface area (Å²) < 4.78 is 13.6. The summed E-state index contributed by atoms with van der Waals surface area (Å²) in [5.41, 5.74) is 3.03. The van der Waals surface area contributed by atoms with Gasteiger partial charge in [0, 0.05) is 0 Å². The van der Waals surface area contributed by atoms with Gasteiger partial charge in [-0.05, 0) is 48.6 Å². The molecule has 23 heavy (non-hydrogen) atoms. The highest BCUT2D eigenvalue weighted by atomic mass is 19.1. The molecule has 0 radical (unpaired) electrons. The van der Waals surface area contributed by atoms with Gasteiger partial charge in [0.05, 0.1) is 11.7 Å². The fourth-order valence-electron chi connectivity index (χ4n) is 2.84. The van der Waals surface area contributed by atoms with Crippen LogP contribution < -0.4 is 10.6 Å². The average Bonchev–Trinajstić information content (AvgIpc) is 2.94. The number of benzene rings is 2. The van der Waals surface area contributed by atoms with Crippen LogP contribution >= 0.6 is 0 Å². The predicted octanol–water partition coefficient (Wildman–Crippen LogP) is 2.88. The zero-order valence-corrected chi connectivity index (χ0v) is 12.7. The van der Waals surface area contributed by atoms with Crippen molar-refractivity contribution in [1.29, 1.82) is 0 Å². The maximum absolute atomic E-state index is 13.6. The molecule has 1 atom stereocenters. The lowest BCUT2D eigenvalue weighted by molar-refractivity contribution is -0.136. The second-order valence-electron chi connectivity index (χ2n) is 5.70. The lowest BCUT2D eigenvalue weighted by Gasteiger charge is -2.14. The van der Waals surface area contributed by atoms with Crippen LogP contribution in [0.3, 0.4) is 0 Å². The van der Waals surface area contributed by atoms with Gasteiger partial charge in [-0.25, -0.2) is 4.39 Å². The third-order valence-corrected chi connectivity index (χ3v) is 4.01. The Morgan fingerprint density at radius 2 is 1.91 bits per heavy atom. The van der Waals surface area contributed by atoms with Crippen molar-refractivity contribution in [1.82, 2.24) is 5.32 Å². The van der Waals surface area contributed by atoms with E-state index in [0.717, 1.165) is 24.0 Å². The zero-order chi connectivity index (χ0) is 16.4. The van der Waals surface area contributed by atoms with E-state index in [2.05, 4.69) is 10.6 Å². The molecular weight excluding hydrogens is 295 g/mol. The van der Waals surface area contributed by atoms with Crippen molar-refractivity contribution >= 4 is 17.5 Å². The smallest absolute Gasteiger partial charge is 0.313 e. The molecule has 0 bridgehead atoms. The van der Waals surface area contributed by atoms with Crippen molar-refractivity contribution in [3.63, 3.8) is 0 Å². The Balaban J connectivity index is 1.67. The number of rotatable bonds is 2. The van der Waals surface area contributed by atoms with Crippen LogP contribution in [0.2, 0.25) is 0 Å². The molecule has 1 aliphatic rings. The maximum atomic E-state index is 13.6. The molecule has 2 aromatic rings. The van der Waals surface area contributed by atoms with Crippen molar-refractivity contribution in [3.05, 3.63) is 65.0 Å². The van der Waals surface area contributed by atoms with Crippen LogP contribution in [0.15, 0.2) is 42.5 Å². The van der Waals surface area contributed by atoms with E-state index in [4.69, 9.17) is 0 Å². The molecule has 2 amide bonds. The van der Waals surface area contributed by atoms with Gasteiger partial charge in [-0.2, -0.15) is 0 Å². The molecule has 0 saturated carbocycles. The van der Waals surface area contributed by atoms with Gasteiger partial charge in [0.1, 0.15) is 5.82 Å². The van der Waals surface area contributed by atoms with E-state index in [0.29, 0.717) is 0 Å². The number of nitrogens with one attached hydrogen (secondary N) is 2. The normalized spacial score (nSPS) is 15.8. The minimum absolute atomic E-state index is 0.0111. The second kappa shape index (κ2) is 6.20. The van der Waals surface area contributed by atoms with E-state index in [-0.39, 0.29) is 11.7 Å². The summed E-state index contributed by atoms with van der Waals surface area (Å²) in [6, 6.07) is 12.0. The van der Waals surface area contributed by atoms with E-state index in [1.54, 1.807) is 13.0 Å². The standard InChI is InChI=1S/C18H17FN2O2/c1-11-6-8-14(19)16(10-11)21-18(23)17(22)20-15-9-7-12-4-2-3-5-13(12)15/h2-6,8,10,15H,7,9H2,1H3,(H,20,22)(H,21,23). The summed E-state index contributed by atoms with van der Waals surface area (Å²) in [4.78, 5) is 24.0. The van der Waals surface area contributed by atoms with Crippen molar-refractivity contribution < 1.29 is 14.0 Å². The van der Waals surface area contributed by atoms with Crippen molar-refractivity contribution in [3.8, 4) is 0 Å². The van der Waals surface area contributed by atoms with Crippen molar-refractivity contribution in [2.24, 2.45) is 0 Å². The highest BCUT2D eigenvalue weighted by Gasteiger charge is 2.26. The second-order valence-corrected chi connectivity index (χ2v) is 5.70. The SMILES string of the molecule is Cc1ccc(F)c(NC(=O)C(=O)NC2CCc3ccccc32)c1. The summed E-state index contributed by atoms with van der Waals surface area (Å²) >= 11 is 0. The number of hydrogen-bond acceptors (Lipinski definition) is 2. The minimum Gasteiger partial charge on any atom is -0.341 e. The van der Waals surface area contributed by atoms with E-state index >= 15 is 0 Å². The van der Waals surface area contributed by atoms with Gasteiger partial charge in [-0.15, -0.1) is 0 Å². The Bertz CT molecular complexity index is 773. The summed E-state index contributed by atoms with van der Waals surface area (Å²) in [7, 11) is 0. The molecule has 1 unspecified atom stereocenters. The number of amides is 2. The van der Waals surface area contributed by atoms with E-state index in [9.17, 15) is 14.0 Å². The Hall–Kier alpha value is -2.69. The number of anilines is 1. The van der Waals surface area contributed by atoms with Crippen LogP contribution in [0.25, 0.3) is 0 Å². The number of carbonyl (C=O) groups excluding carboxylic acids is 2. The van der Waals surface area contributed by atoms with E-state index < -0.39 is 17.6 Å². The number of fused-ring (bicyclic) bond motifs is 1. The van der Waals surface area contributed by atoms with Crippen LogP contribution in [0.1, 0.15) is 29.2 Å². The summed E-state index contributed by atoms with van der Waals surface area (Å²) in [5.74, 6) is -2.19. The van der Waals surface area contributed by atoms with Crippen LogP contribution in [-0.2, 0) is 16.0 Å². The van der Waals surface area contributed by atoms with Crippen molar-refractivity contribution in [2.75, 3.05) is 5.32 Å². The first-order chi connectivity index (χ1) is 11.0.